The molecule has 0 aliphatic carbocycles. The number of hydrogen-bond donors (Lipinski definition) is 0. The second-order valence-corrected chi connectivity index (χ2v) is 7.99. The zero-order valence-corrected chi connectivity index (χ0v) is 17.5. The van der Waals surface area contributed by atoms with E-state index in [4.69, 9.17) is 21.7 Å². The van der Waals surface area contributed by atoms with Gasteiger partial charge in [-0.05, 0) is 30.5 Å². The summed E-state index contributed by atoms with van der Waals surface area (Å²) in [6.07, 6.45) is 6.40. The molecule has 2 rings (SSSR count). The lowest BCUT2D eigenvalue weighted by Crippen LogP contribution is -2.33. The summed E-state index contributed by atoms with van der Waals surface area (Å²) in [5.74, 6) is 1.87. The van der Waals surface area contributed by atoms with Crippen molar-refractivity contribution in [3.8, 4) is 11.5 Å². The molecule has 1 amide bonds. The first-order valence-electron chi connectivity index (χ1n) is 9.01. The highest BCUT2D eigenvalue weighted by Gasteiger charge is 2.33. The van der Waals surface area contributed by atoms with Gasteiger partial charge in [-0.15, -0.1) is 0 Å². The van der Waals surface area contributed by atoms with Crippen molar-refractivity contribution in [3.63, 3.8) is 0 Å². The van der Waals surface area contributed by atoms with Crippen LogP contribution in [0.25, 0.3) is 6.08 Å². The van der Waals surface area contributed by atoms with Crippen molar-refractivity contribution >= 4 is 40.3 Å². The Morgan fingerprint density at radius 3 is 2.65 bits per heavy atom. The summed E-state index contributed by atoms with van der Waals surface area (Å²) in [6.45, 7) is 5.07. The molecule has 1 aliphatic heterocycles. The standard InChI is InChI=1S/C20H27NO3S2/c1-5-7-8-14(6-2)13-21-19(22)18(26-20(21)25)11-15-9-10-16(23-3)12-17(15)24-4/h9-12,14H,5-8,13H2,1-4H3/b18-11-/t14-/m1/s1. The topological polar surface area (TPSA) is 38.8 Å². The Morgan fingerprint density at radius 2 is 2.04 bits per heavy atom. The van der Waals surface area contributed by atoms with Crippen LogP contribution in [0.2, 0.25) is 0 Å². The first kappa shape index (κ1) is 20.8. The van der Waals surface area contributed by atoms with Crippen LogP contribution in [0.1, 0.15) is 45.1 Å². The maximum atomic E-state index is 12.9. The number of methoxy groups -OCH3 is 2. The van der Waals surface area contributed by atoms with Gasteiger partial charge in [0.1, 0.15) is 15.8 Å². The van der Waals surface area contributed by atoms with Crippen LogP contribution in [0.4, 0.5) is 0 Å². The van der Waals surface area contributed by atoms with Crippen molar-refractivity contribution in [2.75, 3.05) is 20.8 Å². The highest BCUT2D eigenvalue weighted by atomic mass is 32.2. The van der Waals surface area contributed by atoms with Gasteiger partial charge in [0.2, 0.25) is 0 Å². The number of carbonyl (C=O) groups excluding carboxylic acids is 1. The van der Waals surface area contributed by atoms with Gasteiger partial charge in [0, 0.05) is 18.2 Å². The van der Waals surface area contributed by atoms with Gasteiger partial charge < -0.3 is 9.47 Å². The molecule has 4 nitrogen and oxygen atoms in total. The van der Waals surface area contributed by atoms with Gasteiger partial charge in [0.25, 0.3) is 5.91 Å². The number of hydrogen-bond acceptors (Lipinski definition) is 5. The average molecular weight is 394 g/mol. The lowest BCUT2D eigenvalue weighted by Gasteiger charge is -2.21. The molecule has 26 heavy (non-hydrogen) atoms. The third-order valence-electron chi connectivity index (χ3n) is 4.58. The molecule has 1 aromatic rings. The molecule has 0 saturated carbocycles. The van der Waals surface area contributed by atoms with Crippen LogP contribution < -0.4 is 9.47 Å². The van der Waals surface area contributed by atoms with Crippen molar-refractivity contribution in [2.24, 2.45) is 5.92 Å². The van der Waals surface area contributed by atoms with Crippen LogP contribution >= 0.6 is 24.0 Å². The number of thiocarbonyl (C=S) groups is 1. The zero-order valence-electron chi connectivity index (χ0n) is 15.9. The fraction of sp³-hybridized carbons (Fsp3) is 0.500. The minimum absolute atomic E-state index is 0.00665. The van der Waals surface area contributed by atoms with E-state index in [-0.39, 0.29) is 5.91 Å². The van der Waals surface area contributed by atoms with E-state index in [1.807, 2.05) is 24.3 Å². The largest absolute Gasteiger partial charge is 0.497 e. The number of rotatable bonds is 9. The molecule has 6 heteroatoms. The molecular weight excluding hydrogens is 366 g/mol. The molecule has 1 atom stereocenters. The zero-order chi connectivity index (χ0) is 19.1. The summed E-state index contributed by atoms with van der Waals surface area (Å²) in [4.78, 5) is 15.3. The van der Waals surface area contributed by atoms with Gasteiger partial charge in [-0.3, -0.25) is 9.69 Å². The van der Waals surface area contributed by atoms with E-state index in [1.165, 1.54) is 24.6 Å². The first-order chi connectivity index (χ1) is 12.5. The Morgan fingerprint density at radius 1 is 1.27 bits per heavy atom. The van der Waals surface area contributed by atoms with Gasteiger partial charge in [0.15, 0.2) is 0 Å². The molecule has 0 spiro atoms. The van der Waals surface area contributed by atoms with Crippen LogP contribution in [0.15, 0.2) is 23.1 Å². The monoisotopic (exact) mass is 393 g/mol. The normalized spacial score (nSPS) is 17.1. The highest BCUT2D eigenvalue weighted by molar-refractivity contribution is 8.26. The van der Waals surface area contributed by atoms with E-state index in [0.717, 1.165) is 18.4 Å². The number of ether oxygens (including phenoxy) is 2. The lowest BCUT2D eigenvalue weighted by molar-refractivity contribution is -0.122. The summed E-state index contributed by atoms with van der Waals surface area (Å²) >= 11 is 6.83. The molecule has 0 aromatic heterocycles. The van der Waals surface area contributed by atoms with Crippen molar-refractivity contribution in [1.29, 1.82) is 0 Å². The van der Waals surface area contributed by atoms with E-state index in [0.29, 0.717) is 33.2 Å². The van der Waals surface area contributed by atoms with E-state index >= 15 is 0 Å². The number of thioether (sulfide) groups is 1. The maximum absolute atomic E-state index is 12.9. The Kier molecular flexibility index (Phi) is 7.97. The van der Waals surface area contributed by atoms with Gasteiger partial charge in [-0.1, -0.05) is 57.1 Å². The van der Waals surface area contributed by atoms with Crippen LogP contribution in [0, 0.1) is 5.92 Å². The highest BCUT2D eigenvalue weighted by Crippen LogP contribution is 2.36. The van der Waals surface area contributed by atoms with Gasteiger partial charge in [-0.25, -0.2) is 0 Å². The molecule has 0 N–H and O–H groups in total. The number of nitrogens with zero attached hydrogens (tertiary/aromatic N) is 1. The van der Waals surface area contributed by atoms with E-state index in [2.05, 4.69) is 13.8 Å². The second-order valence-electron chi connectivity index (χ2n) is 6.32. The number of unbranched alkanes of at least 4 members (excludes halogenated alkanes) is 1. The summed E-state index contributed by atoms with van der Waals surface area (Å²) in [5, 5.41) is 0. The molecule has 0 unspecified atom stereocenters. The quantitative estimate of drug-likeness (QED) is 0.430. The molecule has 1 fully saturated rings. The molecule has 0 bridgehead atoms. The van der Waals surface area contributed by atoms with E-state index in [1.54, 1.807) is 19.1 Å². The number of amides is 1. The smallest absolute Gasteiger partial charge is 0.266 e. The average Bonchev–Trinajstić information content (AvgIpc) is 2.92. The summed E-state index contributed by atoms with van der Waals surface area (Å²) in [5.41, 5.74) is 0.840. The number of carbonyl (C=O) groups is 1. The Bertz CT molecular complexity index is 688. The van der Waals surface area contributed by atoms with Gasteiger partial charge in [-0.2, -0.15) is 0 Å². The third kappa shape index (κ3) is 5.01. The third-order valence-corrected chi connectivity index (χ3v) is 5.96. The van der Waals surface area contributed by atoms with Crippen LogP contribution in [0.5, 0.6) is 11.5 Å². The summed E-state index contributed by atoms with van der Waals surface area (Å²) in [7, 11) is 3.22. The van der Waals surface area contributed by atoms with Gasteiger partial charge in [0.05, 0.1) is 19.1 Å². The Labute approximate surface area is 165 Å². The van der Waals surface area contributed by atoms with Crippen LogP contribution in [0.3, 0.4) is 0 Å². The SMILES string of the molecule is CCCC[C@@H](CC)CN1C(=O)/C(=C/c2ccc(OC)cc2OC)SC1=S. The predicted octanol–water partition coefficient (Wildman–Crippen LogP) is 5.12. The molecule has 1 aromatic carbocycles. The summed E-state index contributed by atoms with van der Waals surface area (Å²) < 4.78 is 11.3. The van der Waals surface area contributed by atoms with Crippen molar-refractivity contribution in [2.45, 2.75) is 39.5 Å². The predicted molar refractivity (Wildman–Crippen MR) is 113 cm³/mol. The molecule has 1 heterocycles. The summed E-state index contributed by atoms with van der Waals surface area (Å²) in [6, 6.07) is 5.55. The van der Waals surface area contributed by atoms with Gasteiger partial charge >= 0.3 is 0 Å². The molecule has 1 aliphatic rings. The molecule has 0 radical (unpaired) electrons. The maximum Gasteiger partial charge on any atom is 0.266 e. The minimum atomic E-state index is -0.00665. The second kappa shape index (κ2) is 9.97. The Hall–Kier alpha value is -1.53. The van der Waals surface area contributed by atoms with E-state index < -0.39 is 0 Å². The van der Waals surface area contributed by atoms with Crippen LogP contribution in [-0.2, 0) is 4.79 Å². The molecule has 142 valence electrons. The number of benzene rings is 1. The minimum Gasteiger partial charge on any atom is -0.497 e. The lowest BCUT2D eigenvalue weighted by atomic mass is 9.99. The van der Waals surface area contributed by atoms with Crippen molar-refractivity contribution < 1.29 is 14.3 Å². The fourth-order valence-electron chi connectivity index (χ4n) is 2.91. The van der Waals surface area contributed by atoms with Crippen molar-refractivity contribution in [1.82, 2.24) is 4.90 Å². The van der Waals surface area contributed by atoms with Crippen LogP contribution in [-0.4, -0.2) is 35.9 Å². The first-order valence-corrected chi connectivity index (χ1v) is 10.2. The van der Waals surface area contributed by atoms with E-state index in [9.17, 15) is 4.79 Å². The molecular formula is C20H27NO3S2. The fourth-order valence-corrected chi connectivity index (χ4v) is 4.18. The molecule has 1 saturated heterocycles. The Balaban J connectivity index is 2.18. The van der Waals surface area contributed by atoms with Crippen molar-refractivity contribution in [3.05, 3.63) is 28.7 Å².